The molecule has 0 radical (unpaired) electrons. The van der Waals surface area contributed by atoms with E-state index >= 15 is 0 Å². The number of carboxylic acids is 1. The van der Waals surface area contributed by atoms with Gasteiger partial charge in [-0.3, -0.25) is 9.59 Å². The van der Waals surface area contributed by atoms with Gasteiger partial charge in [0.05, 0.1) is 0 Å². The number of nitrogens with one attached hydrogen (secondary N) is 1. The van der Waals surface area contributed by atoms with Gasteiger partial charge in [0.2, 0.25) is 5.91 Å². The molecule has 1 aromatic rings. The molecule has 0 atom stereocenters. The molecule has 1 amide bonds. The van der Waals surface area contributed by atoms with Crippen LogP contribution in [0.5, 0.6) is 5.75 Å². The summed E-state index contributed by atoms with van der Waals surface area (Å²) < 4.78 is 40.7. The Labute approximate surface area is 117 Å². The predicted molar refractivity (Wildman–Crippen MR) is 65.9 cm³/mol. The standard InChI is InChI=1S/C13H12F3NO4/c14-13(15,16)7-21-9-3-1-2-8(6-9)17-10(18)12(4-5-12)11(19)20/h1-3,6H,4-5,7H2,(H,17,18)(H,19,20). The summed E-state index contributed by atoms with van der Waals surface area (Å²) >= 11 is 0. The lowest BCUT2D eigenvalue weighted by Crippen LogP contribution is -2.31. The molecule has 8 heteroatoms. The van der Waals surface area contributed by atoms with E-state index < -0.39 is 30.1 Å². The van der Waals surface area contributed by atoms with Gasteiger partial charge in [-0.15, -0.1) is 0 Å². The summed E-state index contributed by atoms with van der Waals surface area (Å²) in [6.45, 7) is -1.44. The third-order valence-corrected chi connectivity index (χ3v) is 3.09. The molecule has 114 valence electrons. The zero-order chi connectivity index (χ0) is 15.7. The van der Waals surface area contributed by atoms with Crippen LogP contribution < -0.4 is 10.1 Å². The zero-order valence-corrected chi connectivity index (χ0v) is 10.7. The Kier molecular flexibility index (Phi) is 3.80. The van der Waals surface area contributed by atoms with Crippen LogP contribution in [0.1, 0.15) is 12.8 Å². The molecular formula is C13H12F3NO4. The van der Waals surface area contributed by atoms with Crippen molar-refractivity contribution in [3.8, 4) is 5.75 Å². The topological polar surface area (TPSA) is 75.6 Å². The fourth-order valence-electron chi connectivity index (χ4n) is 1.74. The number of benzene rings is 1. The van der Waals surface area contributed by atoms with Crippen LogP contribution in [0, 0.1) is 5.41 Å². The van der Waals surface area contributed by atoms with Crippen LogP contribution in [-0.4, -0.2) is 29.8 Å². The maximum Gasteiger partial charge on any atom is 0.422 e. The van der Waals surface area contributed by atoms with Crippen LogP contribution in [0.4, 0.5) is 18.9 Å². The van der Waals surface area contributed by atoms with E-state index in [0.717, 1.165) is 0 Å². The fraction of sp³-hybridized carbons (Fsp3) is 0.385. The number of carboxylic acid groups (broad SMARTS) is 1. The fourth-order valence-corrected chi connectivity index (χ4v) is 1.74. The molecule has 0 saturated heterocycles. The Balaban J connectivity index is 2.01. The van der Waals surface area contributed by atoms with Crippen molar-refractivity contribution in [3.63, 3.8) is 0 Å². The Hall–Kier alpha value is -2.25. The lowest BCUT2D eigenvalue weighted by molar-refractivity contribution is -0.153. The van der Waals surface area contributed by atoms with Crippen molar-refractivity contribution in [1.82, 2.24) is 0 Å². The first kappa shape index (κ1) is 15.1. The van der Waals surface area contributed by atoms with Crippen molar-refractivity contribution < 1.29 is 32.6 Å². The van der Waals surface area contributed by atoms with E-state index in [-0.39, 0.29) is 24.3 Å². The van der Waals surface area contributed by atoms with Gasteiger partial charge in [-0.2, -0.15) is 13.2 Å². The molecule has 21 heavy (non-hydrogen) atoms. The van der Waals surface area contributed by atoms with Gasteiger partial charge < -0.3 is 15.2 Å². The maximum absolute atomic E-state index is 12.0. The second kappa shape index (κ2) is 5.27. The number of carbonyl (C=O) groups is 2. The van der Waals surface area contributed by atoms with Crippen molar-refractivity contribution in [2.75, 3.05) is 11.9 Å². The van der Waals surface area contributed by atoms with Crippen LogP contribution >= 0.6 is 0 Å². The number of rotatable bonds is 5. The monoisotopic (exact) mass is 303 g/mol. The summed E-state index contributed by atoms with van der Waals surface area (Å²) in [6, 6.07) is 5.37. The van der Waals surface area contributed by atoms with Gasteiger partial charge in [-0.05, 0) is 25.0 Å². The lowest BCUT2D eigenvalue weighted by atomic mass is 10.1. The Morgan fingerprint density at radius 2 is 2.00 bits per heavy atom. The molecule has 2 rings (SSSR count). The van der Waals surface area contributed by atoms with E-state index in [4.69, 9.17) is 5.11 Å². The number of amides is 1. The van der Waals surface area contributed by atoms with Crippen LogP contribution in [0.2, 0.25) is 0 Å². The first-order valence-electron chi connectivity index (χ1n) is 6.07. The predicted octanol–water partition coefficient (Wildman–Crippen LogP) is 2.43. The van der Waals surface area contributed by atoms with E-state index in [1.54, 1.807) is 0 Å². The highest BCUT2D eigenvalue weighted by atomic mass is 19.4. The van der Waals surface area contributed by atoms with Crippen molar-refractivity contribution >= 4 is 17.6 Å². The van der Waals surface area contributed by atoms with Crippen LogP contribution in [0.3, 0.4) is 0 Å². The van der Waals surface area contributed by atoms with Crippen molar-refractivity contribution in [2.24, 2.45) is 5.41 Å². The third kappa shape index (κ3) is 3.65. The van der Waals surface area contributed by atoms with Gasteiger partial charge in [-0.1, -0.05) is 6.07 Å². The highest BCUT2D eigenvalue weighted by Gasteiger charge is 2.57. The Morgan fingerprint density at radius 1 is 1.33 bits per heavy atom. The summed E-state index contributed by atoms with van der Waals surface area (Å²) in [4.78, 5) is 22.8. The lowest BCUT2D eigenvalue weighted by Gasteiger charge is -2.13. The molecule has 0 aromatic heterocycles. The van der Waals surface area contributed by atoms with E-state index in [1.807, 2.05) is 0 Å². The average Bonchev–Trinajstić information content (AvgIpc) is 3.17. The third-order valence-electron chi connectivity index (χ3n) is 3.09. The maximum atomic E-state index is 12.0. The number of ether oxygens (including phenoxy) is 1. The smallest absolute Gasteiger partial charge is 0.422 e. The summed E-state index contributed by atoms with van der Waals surface area (Å²) in [7, 11) is 0. The number of alkyl halides is 3. The van der Waals surface area contributed by atoms with Crippen LogP contribution in [0.25, 0.3) is 0 Å². The summed E-state index contributed by atoms with van der Waals surface area (Å²) in [5.41, 5.74) is -1.23. The highest BCUT2D eigenvalue weighted by Crippen LogP contribution is 2.46. The number of hydrogen-bond acceptors (Lipinski definition) is 3. The normalized spacial score (nSPS) is 16.1. The molecule has 0 aliphatic heterocycles. The second-order valence-electron chi connectivity index (χ2n) is 4.77. The minimum Gasteiger partial charge on any atom is -0.484 e. The quantitative estimate of drug-likeness (QED) is 0.819. The SMILES string of the molecule is O=C(O)C1(C(=O)Nc2cccc(OCC(F)(F)F)c2)CC1. The van der Waals surface area contributed by atoms with Gasteiger partial charge in [0.25, 0.3) is 0 Å². The summed E-state index contributed by atoms with van der Waals surface area (Å²) in [5.74, 6) is -1.95. The van der Waals surface area contributed by atoms with Crippen molar-refractivity contribution in [1.29, 1.82) is 0 Å². The molecule has 2 N–H and O–H groups in total. The number of carbonyl (C=O) groups excluding carboxylic acids is 1. The molecule has 0 spiro atoms. The van der Waals surface area contributed by atoms with Gasteiger partial charge in [0, 0.05) is 11.8 Å². The molecule has 0 unspecified atom stereocenters. The molecule has 5 nitrogen and oxygen atoms in total. The average molecular weight is 303 g/mol. The van der Waals surface area contributed by atoms with Crippen molar-refractivity contribution in [2.45, 2.75) is 19.0 Å². The highest BCUT2D eigenvalue weighted by molar-refractivity contribution is 6.10. The Morgan fingerprint density at radius 3 is 2.52 bits per heavy atom. The molecule has 0 bridgehead atoms. The minimum atomic E-state index is -4.46. The Bertz CT molecular complexity index is 567. The first-order valence-corrected chi connectivity index (χ1v) is 6.07. The number of hydrogen-bond donors (Lipinski definition) is 2. The van der Waals surface area contributed by atoms with Gasteiger partial charge in [0.15, 0.2) is 6.61 Å². The molecule has 1 aliphatic rings. The molecule has 1 aromatic carbocycles. The largest absolute Gasteiger partial charge is 0.484 e. The minimum absolute atomic E-state index is 0.0645. The number of aliphatic carboxylic acids is 1. The van der Waals surface area contributed by atoms with Gasteiger partial charge in [-0.25, -0.2) is 0 Å². The summed E-state index contributed by atoms with van der Waals surface area (Å²) in [6.07, 6.45) is -3.96. The van der Waals surface area contributed by atoms with Gasteiger partial charge in [0.1, 0.15) is 11.2 Å². The van der Waals surface area contributed by atoms with E-state index in [1.165, 1.54) is 24.3 Å². The molecular weight excluding hydrogens is 291 g/mol. The molecule has 1 aliphatic carbocycles. The second-order valence-corrected chi connectivity index (χ2v) is 4.77. The zero-order valence-electron chi connectivity index (χ0n) is 10.7. The number of halogens is 3. The van der Waals surface area contributed by atoms with E-state index in [0.29, 0.717) is 0 Å². The van der Waals surface area contributed by atoms with Crippen molar-refractivity contribution in [3.05, 3.63) is 24.3 Å². The molecule has 1 fully saturated rings. The van der Waals surface area contributed by atoms with Crippen LogP contribution in [0.15, 0.2) is 24.3 Å². The first-order chi connectivity index (χ1) is 9.73. The van der Waals surface area contributed by atoms with Crippen LogP contribution in [-0.2, 0) is 9.59 Å². The van der Waals surface area contributed by atoms with E-state index in [2.05, 4.69) is 10.1 Å². The van der Waals surface area contributed by atoms with Gasteiger partial charge >= 0.3 is 12.1 Å². The molecule has 1 saturated carbocycles. The summed E-state index contributed by atoms with van der Waals surface area (Å²) in [5, 5.41) is 11.4. The number of anilines is 1. The molecule has 0 heterocycles. The van der Waals surface area contributed by atoms with E-state index in [9.17, 15) is 22.8 Å².